The van der Waals surface area contributed by atoms with Crippen molar-refractivity contribution in [1.82, 2.24) is 4.98 Å². The van der Waals surface area contributed by atoms with Crippen molar-refractivity contribution in [2.75, 3.05) is 7.11 Å². The Balaban J connectivity index is 2.47. The van der Waals surface area contributed by atoms with Crippen LogP contribution in [0.1, 0.15) is 16.1 Å². The summed E-state index contributed by atoms with van der Waals surface area (Å²) in [6.45, 7) is 0. The highest BCUT2D eigenvalue weighted by Crippen LogP contribution is 2.34. The summed E-state index contributed by atoms with van der Waals surface area (Å²) in [6.07, 6.45) is -4.58. The predicted octanol–water partition coefficient (Wildman–Crippen LogP) is 3.75. The SMILES string of the molecule is COC(=O)c1csc(-c2cc(C(F)(F)F)ccc2F)n1. The zero-order chi connectivity index (χ0) is 14.9. The minimum absolute atomic E-state index is 0.0194. The zero-order valence-corrected chi connectivity index (χ0v) is 10.8. The molecule has 106 valence electrons. The Kier molecular flexibility index (Phi) is 3.76. The van der Waals surface area contributed by atoms with E-state index in [9.17, 15) is 22.4 Å². The summed E-state index contributed by atoms with van der Waals surface area (Å²) in [5.41, 5.74) is -1.37. The third kappa shape index (κ3) is 2.79. The number of carbonyl (C=O) groups is 1. The molecule has 0 aliphatic rings. The number of thiazole rings is 1. The molecule has 0 amide bonds. The molecule has 0 aliphatic heterocycles. The number of rotatable bonds is 2. The van der Waals surface area contributed by atoms with E-state index in [0.29, 0.717) is 12.1 Å². The fourth-order valence-electron chi connectivity index (χ4n) is 1.46. The van der Waals surface area contributed by atoms with Crippen LogP contribution in [0, 0.1) is 5.82 Å². The lowest BCUT2D eigenvalue weighted by atomic mass is 10.1. The number of nitrogens with zero attached hydrogens (tertiary/aromatic N) is 1. The number of ether oxygens (including phenoxy) is 1. The lowest BCUT2D eigenvalue weighted by Crippen LogP contribution is -2.05. The fourth-order valence-corrected chi connectivity index (χ4v) is 2.27. The van der Waals surface area contributed by atoms with Crippen molar-refractivity contribution in [2.45, 2.75) is 6.18 Å². The number of hydrogen-bond donors (Lipinski definition) is 0. The number of esters is 1. The first-order chi connectivity index (χ1) is 9.32. The molecule has 2 aromatic rings. The van der Waals surface area contributed by atoms with Gasteiger partial charge in [0.25, 0.3) is 0 Å². The standard InChI is InChI=1S/C12H7F4NO2S/c1-19-11(18)9-5-20-10(17-9)7-4-6(12(14,15)16)2-3-8(7)13/h2-5H,1H3. The molecule has 3 nitrogen and oxygen atoms in total. The lowest BCUT2D eigenvalue weighted by Gasteiger charge is -2.08. The Bertz CT molecular complexity index is 651. The van der Waals surface area contributed by atoms with Gasteiger partial charge in [-0.05, 0) is 18.2 Å². The van der Waals surface area contributed by atoms with E-state index in [1.54, 1.807) is 0 Å². The Morgan fingerprint density at radius 1 is 1.35 bits per heavy atom. The van der Waals surface area contributed by atoms with Crippen LogP contribution in [-0.2, 0) is 10.9 Å². The van der Waals surface area contributed by atoms with Crippen LogP contribution in [0.25, 0.3) is 10.6 Å². The number of hydrogen-bond acceptors (Lipinski definition) is 4. The van der Waals surface area contributed by atoms with Crippen molar-refractivity contribution in [2.24, 2.45) is 0 Å². The number of benzene rings is 1. The number of carbonyl (C=O) groups excluding carboxylic acids is 1. The van der Waals surface area contributed by atoms with Gasteiger partial charge in [0.15, 0.2) is 5.69 Å². The number of halogens is 4. The summed E-state index contributed by atoms with van der Waals surface area (Å²) in [7, 11) is 1.15. The summed E-state index contributed by atoms with van der Waals surface area (Å²) in [5.74, 6) is -1.58. The van der Waals surface area contributed by atoms with Gasteiger partial charge in [-0.1, -0.05) is 0 Å². The van der Waals surface area contributed by atoms with Crippen molar-refractivity contribution in [3.8, 4) is 10.6 Å². The zero-order valence-electron chi connectivity index (χ0n) is 9.99. The summed E-state index contributed by atoms with van der Waals surface area (Å²) >= 11 is 0.861. The molecule has 1 aromatic heterocycles. The molecule has 1 heterocycles. The topological polar surface area (TPSA) is 39.2 Å². The van der Waals surface area contributed by atoms with Crippen LogP contribution in [0.4, 0.5) is 17.6 Å². The fraction of sp³-hybridized carbons (Fsp3) is 0.167. The molecule has 0 unspecified atom stereocenters. The van der Waals surface area contributed by atoms with E-state index in [1.807, 2.05) is 0 Å². The molecule has 0 fully saturated rings. The van der Waals surface area contributed by atoms with Crippen molar-refractivity contribution < 1.29 is 27.1 Å². The van der Waals surface area contributed by atoms with Crippen molar-refractivity contribution >= 4 is 17.3 Å². The lowest BCUT2D eigenvalue weighted by molar-refractivity contribution is -0.137. The van der Waals surface area contributed by atoms with Gasteiger partial charge in [0.2, 0.25) is 0 Å². The smallest absolute Gasteiger partial charge is 0.416 e. The third-order valence-corrected chi connectivity index (χ3v) is 3.30. The Morgan fingerprint density at radius 2 is 2.05 bits per heavy atom. The van der Waals surface area contributed by atoms with Gasteiger partial charge in [0.05, 0.1) is 12.7 Å². The second-order valence-corrected chi connectivity index (χ2v) is 4.58. The highest BCUT2D eigenvalue weighted by atomic mass is 32.1. The van der Waals surface area contributed by atoms with Gasteiger partial charge in [-0.2, -0.15) is 13.2 Å². The predicted molar refractivity (Wildman–Crippen MR) is 63.8 cm³/mol. The van der Waals surface area contributed by atoms with Gasteiger partial charge in [0.1, 0.15) is 10.8 Å². The third-order valence-electron chi connectivity index (χ3n) is 2.42. The minimum atomic E-state index is -4.58. The second kappa shape index (κ2) is 5.20. The maximum Gasteiger partial charge on any atom is 0.416 e. The van der Waals surface area contributed by atoms with Crippen molar-refractivity contribution in [1.29, 1.82) is 0 Å². The molecule has 20 heavy (non-hydrogen) atoms. The molecule has 0 saturated carbocycles. The molecule has 1 aromatic carbocycles. The van der Waals surface area contributed by atoms with E-state index in [4.69, 9.17) is 0 Å². The maximum absolute atomic E-state index is 13.6. The van der Waals surface area contributed by atoms with E-state index in [2.05, 4.69) is 9.72 Å². The van der Waals surface area contributed by atoms with Gasteiger partial charge in [0, 0.05) is 10.9 Å². The summed E-state index contributed by atoms with van der Waals surface area (Å²) in [4.78, 5) is 15.0. The Labute approximate surface area is 114 Å². The highest BCUT2D eigenvalue weighted by molar-refractivity contribution is 7.13. The molecule has 0 N–H and O–H groups in total. The van der Waals surface area contributed by atoms with Crippen LogP contribution < -0.4 is 0 Å². The van der Waals surface area contributed by atoms with Crippen LogP contribution in [0.15, 0.2) is 23.6 Å². The number of methoxy groups -OCH3 is 1. The molecule has 0 aliphatic carbocycles. The van der Waals surface area contributed by atoms with E-state index in [1.165, 1.54) is 5.38 Å². The average Bonchev–Trinajstić information content (AvgIpc) is 2.86. The first-order valence-electron chi connectivity index (χ1n) is 5.24. The van der Waals surface area contributed by atoms with E-state index in [-0.39, 0.29) is 16.3 Å². The maximum atomic E-state index is 13.6. The first-order valence-corrected chi connectivity index (χ1v) is 6.12. The highest BCUT2D eigenvalue weighted by Gasteiger charge is 2.31. The molecule has 0 atom stereocenters. The van der Waals surface area contributed by atoms with Crippen LogP contribution in [-0.4, -0.2) is 18.1 Å². The summed E-state index contributed by atoms with van der Waals surface area (Å²) in [6, 6.07) is 2.03. The van der Waals surface area contributed by atoms with Crippen LogP contribution >= 0.6 is 11.3 Å². The summed E-state index contributed by atoms with van der Waals surface area (Å²) < 4.78 is 55.8. The molecular formula is C12H7F4NO2S. The molecular weight excluding hydrogens is 298 g/mol. The van der Waals surface area contributed by atoms with Gasteiger partial charge < -0.3 is 4.74 Å². The van der Waals surface area contributed by atoms with Gasteiger partial charge in [-0.25, -0.2) is 14.2 Å². The molecule has 0 saturated heterocycles. The summed E-state index contributed by atoms with van der Waals surface area (Å²) in [5, 5.41) is 1.27. The molecule has 0 spiro atoms. The first kappa shape index (κ1) is 14.4. The number of alkyl halides is 3. The van der Waals surface area contributed by atoms with Gasteiger partial charge in [-0.15, -0.1) is 11.3 Å². The average molecular weight is 305 g/mol. The Morgan fingerprint density at radius 3 is 2.65 bits per heavy atom. The van der Waals surface area contributed by atoms with Crippen LogP contribution in [0.5, 0.6) is 0 Å². The molecule has 0 radical (unpaired) electrons. The normalized spacial score (nSPS) is 11.4. The molecule has 8 heteroatoms. The van der Waals surface area contributed by atoms with E-state index < -0.39 is 23.5 Å². The minimum Gasteiger partial charge on any atom is -0.464 e. The van der Waals surface area contributed by atoms with Gasteiger partial charge >= 0.3 is 12.1 Å². The van der Waals surface area contributed by atoms with E-state index >= 15 is 0 Å². The Hall–Kier alpha value is -1.96. The molecule has 0 bridgehead atoms. The largest absolute Gasteiger partial charge is 0.464 e. The number of aromatic nitrogens is 1. The van der Waals surface area contributed by atoms with Crippen molar-refractivity contribution in [3.63, 3.8) is 0 Å². The monoisotopic (exact) mass is 305 g/mol. The van der Waals surface area contributed by atoms with Crippen LogP contribution in [0.3, 0.4) is 0 Å². The van der Waals surface area contributed by atoms with E-state index in [0.717, 1.165) is 24.5 Å². The van der Waals surface area contributed by atoms with Gasteiger partial charge in [-0.3, -0.25) is 0 Å². The van der Waals surface area contributed by atoms with Crippen LogP contribution in [0.2, 0.25) is 0 Å². The van der Waals surface area contributed by atoms with Crippen molar-refractivity contribution in [3.05, 3.63) is 40.7 Å². The quantitative estimate of drug-likeness (QED) is 0.626. The molecule has 2 rings (SSSR count). The second-order valence-electron chi connectivity index (χ2n) is 3.72.